The summed E-state index contributed by atoms with van der Waals surface area (Å²) < 4.78 is 6.17. The Balaban J connectivity index is 2.41. The van der Waals surface area contributed by atoms with E-state index in [2.05, 4.69) is 15.9 Å². The van der Waals surface area contributed by atoms with Crippen LogP contribution in [0.1, 0.15) is 0 Å². The van der Waals surface area contributed by atoms with E-state index in [1.165, 1.54) is 0 Å². The molecular formula is C9H13BrNO3+. The van der Waals surface area contributed by atoms with E-state index >= 15 is 0 Å². The van der Waals surface area contributed by atoms with Gasteiger partial charge in [-0.25, -0.2) is 10.7 Å². The number of hydrogen-bond acceptors (Lipinski definition) is 3. The maximum Gasteiger partial charge on any atom is 0.139 e. The third-order valence-electron chi connectivity index (χ3n) is 1.65. The molecule has 78 valence electrons. The molecule has 1 unspecified atom stereocenters. The lowest BCUT2D eigenvalue weighted by molar-refractivity contribution is -0.889. The van der Waals surface area contributed by atoms with Crippen molar-refractivity contribution >= 4 is 15.9 Å². The van der Waals surface area contributed by atoms with Crippen molar-refractivity contribution in [3.8, 4) is 5.75 Å². The van der Waals surface area contributed by atoms with Gasteiger partial charge in [0, 0.05) is 0 Å². The maximum atomic E-state index is 9.27. The van der Waals surface area contributed by atoms with Crippen molar-refractivity contribution in [1.29, 1.82) is 0 Å². The minimum absolute atomic E-state index is 0.166. The molecule has 0 spiro atoms. The zero-order valence-corrected chi connectivity index (χ0v) is 9.14. The van der Waals surface area contributed by atoms with E-state index in [9.17, 15) is 5.11 Å². The second-order valence-electron chi connectivity index (χ2n) is 2.81. The van der Waals surface area contributed by atoms with Crippen molar-refractivity contribution in [2.75, 3.05) is 13.2 Å². The van der Waals surface area contributed by atoms with Crippen LogP contribution in [0.25, 0.3) is 0 Å². The van der Waals surface area contributed by atoms with Gasteiger partial charge in [0.15, 0.2) is 0 Å². The second-order valence-corrected chi connectivity index (χ2v) is 3.67. The molecule has 0 aliphatic carbocycles. The van der Waals surface area contributed by atoms with Crippen LogP contribution in [0.4, 0.5) is 0 Å². The van der Waals surface area contributed by atoms with Gasteiger partial charge < -0.3 is 9.84 Å². The third kappa shape index (κ3) is 3.63. The van der Waals surface area contributed by atoms with Crippen molar-refractivity contribution in [2.24, 2.45) is 0 Å². The van der Waals surface area contributed by atoms with Crippen molar-refractivity contribution in [1.82, 2.24) is 0 Å². The summed E-state index contributed by atoms with van der Waals surface area (Å²) >= 11 is 3.32. The van der Waals surface area contributed by atoms with Gasteiger partial charge in [0.1, 0.15) is 25.0 Å². The highest BCUT2D eigenvalue weighted by Crippen LogP contribution is 2.23. The van der Waals surface area contributed by atoms with E-state index < -0.39 is 6.10 Å². The van der Waals surface area contributed by atoms with Gasteiger partial charge in [-0.2, -0.15) is 0 Å². The number of para-hydroxylation sites is 1. The van der Waals surface area contributed by atoms with E-state index in [4.69, 9.17) is 9.94 Å². The minimum Gasteiger partial charge on any atom is -0.489 e. The first-order valence-electron chi connectivity index (χ1n) is 4.25. The molecule has 1 aromatic rings. The molecule has 4 nitrogen and oxygen atoms in total. The number of rotatable bonds is 5. The number of hydrogen-bond donors (Lipinski definition) is 3. The van der Waals surface area contributed by atoms with Crippen LogP contribution in [0.15, 0.2) is 28.7 Å². The molecule has 1 atom stereocenters. The summed E-state index contributed by atoms with van der Waals surface area (Å²) in [7, 11) is 0. The third-order valence-corrected chi connectivity index (χ3v) is 2.30. The lowest BCUT2D eigenvalue weighted by atomic mass is 10.3. The predicted octanol–water partition coefficient (Wildman–Crippen LogP) is 0.141. The summed E-state index contributed by atoms with van der Waals surface area (Å²) in [5, 5.41) is 17.7. The van der Waals surface area contributed by atoms with E-state index in [0.717, 1.165) is 9.95 Å². The Kier molecular flexibility index (Phi) is 4.89. The maximum absolute atomic E-state index is 9.27. The summed E-state index contributed by atoms with van der Waals surface area (Å²) in [6.07, 6.45) is -0.674. The quantitative estimate of drug-likeness (QED) is 0.662. The lowest BCUT2D eigenvalue weighted by Gasteiger charge is -2.10. The Morgan fingerprint density at radius 1 is 1.43 bits per heavy atom. The molecule has 0 aromatic heterocycles. The number of aliphatic hydroxyl groups excluding tert-OH is 1. The summed E-state index contributed by atoms with van der Waals surface area (Å²) in [6.45, 7) is 0.379. The average molecular weight is 263 g/mol. The zero-order chi connectivity index (χ0) is 10.4. The van der Waals surface area contributed by atoms with E-state index in [1.54, 1.807) is 6.07 Å². The molecule has 0 heterocycles. The van der Waals surface area contributed by atoms with Crippen LogP contribution in [0.3, 0.4) is 0 Å². The minimum atomic E-state index is -0.674. The van der Waals surface area contributed by atoms with Crippen LogP contribution >= 0.6 is 15.9 Å². The van der Waals surface area contributed by atoms with Gasteiger partial charge in [0.25, 0.3) is 0 Å². The molecule has 14 heavy (non-hydrogen) atoms. The first kappa shape index (κ1) is 11.5. The molecule has 1 rings (SSSR count). The number of nitrogens with two attached hydrogens (primary N) is 1. The summed E-state index contributed by atoms with van der Waals surface area (Å²) in [6, 6.07) is 7.40. The SMILES string of the molecule is O[NH2+]CC(O)COc1ccccc1Br. The monoisotopic (exact) mass is 262 g/mol. The molecule has 5 heteroatoms. The summed E-state index contributed by atoms with van der Waals surface area (Å²) in [5.74, 6) is 0.685. The van der Waals surface area contributed by atoms with Gasteiger partial charge in [0.05, 0.1) is 4.47 Å². The summed E-state index contributed by atoms with van der Waals surface area (Å²) in [5.41, 5.74) is 0.925. The van der Waals surface area contributed by atoms with Gasteiger partial charge in [-0.1, -0.05) is 12.1 Å². The number of quaternary nitrogens is 1. The molecule has 4 N–H and O–H groups in total. The first-order chi connectivity index (χ1) is 6.74. The first-order valence-corrected chi connectivity index (χ1v) is 5.04. The second kappa shape index (κ2) is 5.98. The van der Waals surface area contributed by atoms with Crippen LogP contribution < -0.4 is 10.2 Å². The fraction of sp³-hybridized carbons (Fsp3) is 0.333. The fourth-order valence-electron chi connectivity index (χ4n) is 0.937. The van der Waals surface area contributed by atoms with Gasteiger partial charge in [-0.3, -0.25) is 0 Å². The highest BCUT2D eigenvalue weighted by Gasteiger charge is 2.07. The smallest absolute Gasteiger partial charge is 0.139 e. The largest absolute Gasteiger partial charge is 0.489 e. The number of aliphatic hydroxyl groups is 1. The molecule has 0 bridgehead atoms. The topological polar surface area (TPSA) is 66.3 Å². The fourth-order valence-corrected chi connectivity index (χ4v) is 1.34. The molecule has 0 radical (unpaired) electrons. The zero-order valence-electron chi connectivity index (χ0n) is 7.56. The van der Waals surface area contributed by atoms with Crippen molar-refractivity contribution < 1.29 is 20.5 Å². The highest BCUT2D eigenvalue weighted by atomic mass is 79.9. The van der Waals surface area contributed by atoms with Crippen molar-refractivity contribution in [3.05, 3.63) is 28.7 Å². The normalized spacial score (nSPS) is 12.5. The molecule has 0 fully saturated rings. The Morgan fingerprint density at radius 2 is 2.14 bits per heavy atom. The molecule has 0 aliphatic heterocycles. The van der Waals surface area contributed by atoms with Gasteiger partial charge in [0.2, 0.25) is 0 Å². The van der Waals surface area contributed by atoms with E-state index in [-0.39, 0.29) is 13.2 Å². The Morgan fingerprint density at radius 3 is 2.79 bits per heavy atom. The average Bonchev–Trinajstić information content (AvgIpc) is 2.17. The molecule has 1 aromatic carbocycles. The van der Waals surface area contributed by atoms with Gasteiger partial charge >= 0.3 is 0 Å². The highest BCUT2D eigenvalue weighted by molar-refractivity contribution is 9.10. The van der Waals surface area contributed by atoms with Crippen LogP contribution in [0, 0.1) is 0 Å². The van der Waals surface area contributed by atoms with Crippen LogP contribution in [-0.4, -0.2) is 29.6 Å². The number of hydroxylamine groups is 1. The van der Waals surface area contributed by atoms with Crippen molar-refractivity contribution in [2.45, 2.75) is 6.10 Å². The number of halogens is 1. The van der Waals surface area contributed by atoms with E-state index in [0.29, 0.717) is 5.75 Å². The number of benzene rings is 1. The lowest BCUT2D eigenvalue weighted by Crippen LogP contribution is -2.83. The number of ether oxygens (including phenoxy) is 1. The Bertz CT molecular complexity index is 283. The predicted molar refractivity (Wildman–Crippen MR) is 54.2 cm³/mol. The molecule has 0 aliphatic rings. The van der Waals surface area contributed by atoms with Crippen LogP contribution in [0.2, 0.25) is 0 Å². The van der Waals surface area contributed by atoms with Crippen LogP contribution in [-0.2, 0) is 0 Å². The Labute approximate surface area is 90.6 Å². The summed E-state index contributed by atoms with van der Waals surface area (Å²) in [4.78, 5) is 0. The van der Waals surface area contributed by atoms with Crippen molar-refractivity contribution in [3.63, 3.8) is 0 Å². The molecular weight excluding hydrogens is 250 g/mol. The standard InChI is InChI=1S/C9H12BrNO3/c10-8-3-1-2-4-9(8)14-6-7(12)5-11-13/h1-4,7,11-13H,5-6H2/p+1. The molecule has 0 amide bonds. The van der Waals surface area contributed by atoms with Gasteiger partial charge in [-0.15, -0.1) is 0 Å². The van der Waals surface area contributed by atoms with E-state index in [1.807, 2.05) is 18.2 Å². The van der Waals surface area contributed by atoms with Crippen LogP contribution in [0.5, 0.6) is 5.75 Å². The van der Waals surface area contributed by atoms with Gasteiger partial charge in [-0.05, 0) is 28.1 Å². The Hall–Kier alpha value is -0.620. The molecule has 0 saturated carbocycles. The molecule has 0 saturated heterocycles.